The van der Waals surface area contributed by atoms with Crippen LogP contribution in [-0.4, -0.2) is 20.9 Å². The van der Waals surface area contributed by atoms with Crippen LogP contribution in [0.2, 0.25) is 0 Å². The molecule has 0 atom stereocenters. The van der Waals surface area contributed by atoms with Gasteiger partial charge in [-0.25, -0.2) is 0 Å². The molecule has 0 saturated carbocycles. The first-order valence-electron chi connectivity index (χ1n) is 5.45. The summed E-state index contributed by atoms with van der Waals surface area (Å²) in [7, 11) is 0. The number of nitrogens with one attached hydrogen (secondary N) is 2. The van der Waals surface area contributed by atoms with E-state index in [4.69, 9.17) is 0 Å². The number of nitro groups is 1. The van der Waals surface area contributed by atoms with Crippen molar-refractivity contribution in [3.63, 3.8) is 0 Å². The fourth-order valence-electron chi connectivity index (χ4n) is 1.58. The highest BCUT2D eigenvalue weighted by molar-refractivity contribution is 6.06. The van der Waals surface area contributed by atoms with E-state index < -0.39 is 27.8 Å². The summed E-state index contributed by atoms with van der Waals surface area (Å²) in [6.45, 7) is 0. The molecule has 0 bridgehead atoms. The summed E-state index contributed by atoms with van der Waals surface area (Å²) in [6.07, 6.45) is 1.27. The highest BCUT2D eigenvalue weighted by atomic mass is 16.6. The maximum Gasteiger partial charge on any atom is 0.296 e. The number of anilines is 1. The molecule has 8 nitrogen and oxygen atoms in total. The van der Waals surface area contributed by atoms with Gasteiger partial charge in [-0.15, -0.1) is 0 Å². The van der Waals surface area contributed by atoms with Gasteiger partial charge in [0.05, 0.1) is 4.92 Å². The number of aromatic hydroxyl groups is 1. The number of phenols is 1. The van der Waals surface area contributed by atoms with E-state index in [-0.39, 0.29) is 11.3 Å². The van der Waals surface area contributed by atoms with E-state index in [1.54, 1.807) is 0 Å². The first-order chi connectivity index (χ1) is 9.49. The highest BCUT2D eigenvalue weighted by Crippen LogP contribution is 2.33. The van der Waals surface area contributed by atoms with Crippen molar-refractivity contribution in [2.75, 3.05) is 5.32 Å². The summed E-state index contributed by atoms with van der Waals surface area (Å²) in [6, 6.07) is 6.02. The lowest BCUT2D eigenvalue weighted by molar-refractivity contribution is -0.384. The zero-order valence-electron chi connectivity index (χ0n) is 9.99. The van der Waals surface area contributed by atoms with Crippen molar-refractivity contribution in [3.8, 4) is 5.75 Å². The second kappa shape index (κ2) is 5.22. The Morgan fingerprint density at radius 2 is 2.10 bits per heavy atom. The van der Waals surface area contributed by atoms with Gasteiger partial charge >= 0.3 is 0 Å². The van der Waals surface area contributed by atoms with Crippen molar-refractivity contribution < 1.29 is 14.8 Å². The number of benzene rings is 1. The molecular formula is C12H9N3O5. The smallest absolute Gasteiger partial charge is 0.296 e. The molecule has 0 unspecified atom stereocenters. The van der Waals surface area contributed by atoms with Crippen LogP contribution in [-0.2, 0) is 0 Å². The SMILES string of the molecule is O=C(Nc1c(O)cccc1[N+](=O)[O-])c1cc[nH]c(=O)c1. The Balaban J connectivity index is 2.37. The van der Waals surface area contributed by atoms with Gasteiger partial charge in [-0.1, -0.05) is 6.07 Å². The molecule has 20 heavy (non-hydrogen) atoms. The Bertz CT molecular complexity index is 738. The lowest BCUT2D eigenvalue weighted by atomic mass is 10.2. The maximum absolute atomic E-state index is 11.9. The van der Waals surface area contributed by atoms with Gasteiger partial charge in [0.2, 0.25) is 5.56 Å². The van der Waals surface area contributed by atoms with Gasteiger partial charge in [-0.3, -0.25) is 19.7 Å². The lowest BCUT2D eigenvalue weighted by Gasteiger charge is -2.07. The third kappa shape index (κ3) is 2.64. The number of hydrogen-bond acceptors (Lipinski definition) is 5. The Kier molecular flexibility index (Phi) is 3.47. The number of phenolic OH excluding ortho intramolecular Hbond substituents is 1. The first kappa shape index (κ1) is 13.3. The van der Waals surface area contributed by atoms with Crippen LogP contribution in [0.15, 0.2) is 41.3 Å². The van der Waals surface area contributed by atoms with Gasteiger partial charge in [0, 0.05) is 23.9 Å². The first-order valence-corrected chi connectivity index (χ1v) is 5.45. The summed E-state index contributed by atoms with van der Waals surface area (Å²) in [5, 5.41) is 22.7. The maximum atomic E-state index is 11.9. The van der Waals surface area contributed by atoms with Crippen molar-refractivity contribution in [2.24, 2.45) is 0 Å². The summed E-state index contributed by atoms with van der Waals surface area (Å²) < 4.78 is 0. The molecule has 102 valence electrons. The molecule has 2 aromatic rings. The number of nitro benzene ring substituents is 1. The van der Waals surface area contributed by atoms with E-state index in [0.717, 1.165) is 12.1 Å². The molecule has 8 heteroatoms. The predicted molar refractivity (Wildman–Crippen MR) is 69.8 cm³/mol. The summed E-state index contributed by atoms with van der Waals surface area (Å²) >= 11 is 0. The van der Waals surface area contributed by atoms with Crippen molar-refractivity contribution in [1.29, 1.82) is 0 Å². The van der Waals surface area contributed by atoms with Crippen molar-refractivity contribution >= 4 is 17.3 Å². The molecule has 0 aliphatic rings. The summed E-state index contributed by atoms with van der Waals surface area (Å²) in [5.41, 5.74) is -1.22. The number of carbonyl (C=O) groups excluding carboxylic acids is 1. The number of hydrogen-bond donors (Lipinski definition) is 3. The molecule has 1 aromatic carbocycles. The Morgan fingerprint density at radius 3 is 2.75 bits per heavy atom. The molecule has 0 saturated heterocycles. The van der Waals surface area contributed by atoms with E-state index in [0.29, 0.717) is 0 Å². The second-order valence-electron chi connectivity index (χ2n) is 3.82. The monoisotopic (exact) mass is 275 g/mol. The number of aromatic nitrogens is 1. The molecular weight excluding hydrogens is 266 g/mol. The number of carbonyl (C=O) groups is 1. The third-order valence-electron chi connectivity index (χ3n) is 2.49. The number of para-hydroxylation sites is 1. The van der Waals surface area contributed by atoms with Gasteiger partial charge in [0.15, 0.2) is 5.69 Å². The Labute approximate surface area is 111 Å². The fourth-order valence-corrected chi connectivity index (χ4v) is 1.58. The lowest BCUT2D eigenvalue weighted by Crippen LogP contribution is -2.16. The minimum Gasteiger partial charge on any atom is -0.505 e. The normalized spacial score (nSPS) is 10.0. The van der Waals surface area contributed by atoms with Crippen LogP contribution in [0, 0.1) is 10.1 Å². The van der Waals surface area contributed by atoms with E-state index in [1.165, 1.54) is 24.4 Å². The number of amides is 1. The van der Waals surface area contributed by atoms with Crippen LogP contribution >= 0.6 is 0 Å². The van der Waals surface area contributed by atoms with Crippen LogP contribution < -0.4 is 10.9 Å². The molecule has 0 aliphatic carbocycles. The fraction of sp³-hybridized carbons (Fsp3) is 0. The van der Waals surface area contributed by atoms with Crippen molar-refractivity contribution in [3.05, 3.63) is 62.6 Å². The molecule has 3 N–H and O–H groups in total. The summed E-state index contributed by atoms with van der Waals surface area (Å²) in [4.78, 5) is 35.4. The molecule has 0 fully saturated rings. The zero-order valence-corrected chi connectivity index (χ0v) is 9.99. The minimum atomic E-state index is -0.735. The molecule has 1 heterocycles. The molecule has 0 spiro atoms. The standard InChI is InChI=1S/C12H9N3O5/c16-9-3-1-2-8(15(19)20)11(9)14-12(18)7-4-5-13-10(17)6-7/h1-6,16H,(H,13,17)(H,14,18). The largest absolute Gasteiger partial charge is 0.505 e. The average Bonchev–Trinajstić information content (AvgIpc) is 2.40. The average molecular weight is 275 g/mol. The van der Waals surface area contributed by atoms with E-state index in [2.05, 4.69) is 10.3 Å². The van der Waals surface area contributed by atoms with E-state index in [1.807, 2.05) is 0 Å². The zero-order chi connectivity index (χ0) is 14.7. The van der Waals surface area contributed by atoms with Gasteiger partial charge < -0.3 is 15.4 Å². The Morgan fingerprint density at radius 1 is 1.35 bits per heavy atom. The van der Waals surface area contributed by atoms with E-state index in [9.17, 15) is 24.8 Å². The molecule has 1 aromatic heterocycles. The predicted octanol–water partition coefficient (Wildman–Crippen LogP) is 1.24. The number of rotatable bonds is 3. The van der Waals surface area contributed by atoms with Gasteiger partial charge in [-0.2, -0.15) is 0 Å². The molecule has 2 rings (SSSR count). The highest BCUT2D eigenvalue weighted by Gasteiger charge is 2.20. The van der Waals surface area contributed by atoms with Gasteiger partial charge in [0.25, 0.3) is 11.6 Å². The molecule has 1 amide bonds. The molecule has 0 aliphatic heterocycles. The quantitative estimate of drug-likeness (QED) is 0.441. The molecule has 0 radical (unpaired) electrons. The van der Waals surface area contributed by atoms with Gasteiger partial charge in [-0.05, 0) is 12.1 Å². The van der Waals surface area contributed by atoms with Crippen LogP contribution in [0.3, 0.4) is 0 Å². The summed E-state index contributed by atoms with van der Waals surface area (Å²) in [5.74, 6) is -1.17. The van der Waals surface area contributed by atoms with Crippen molar-refractivity contribution in [2.45, 2.75) is 0 Å². The van der Waals surface area contributed by atoms with E-state index >= 15 is 0 Å². The van der Waals surface area contributed by atoms with Crippen LogP contribution in [0.4, 0.5) is 11.4 Å². The number of nitrogens with zero attached hydrogens (tertiary/aromatic N) is 1. The Hall–Kier alpha value is -3.16. The van der Waals surface area contributed by atoms with Crippen molar-refractivity contribution in [1.82, 2.24) is 4.98 Å². The second-order valence-corrected chi connectivity index (χ2v) is 3.82. The van der Waals surface area contributed by atoms with Crippen LogP contribution in [0.5, 0.6) is 5.75 Å². The number of pyridine rings is 1. The number of aromatic amines is 1. The van der Waals surface area contributed by atoms with Crippen LogP contribution in [0.1, 0.15) is 10.4 Å². The minimum absolute atomic E-state index is 0.0197. The number of H-pyrrole nitrogens is 1. The topological polar surface area (TPSA) is 125 Å². The third-order valence-corrected chi connectivity index (χ3v) is 2.49. The van der Waals surface area contributed by atoms with Crippen LogP contribution in [0.25, 0.3) is 0 Å². The van der Waals surface area contributed by atoms with Gasteiger partial charge in [0.1, 0.15) is 5.75 Å².